The van der Waals surface area contributed by atoms with Gasteiger partial charge in [0.15, 0.2) is 0 Å². The van der Waals surface area contributed by atoms with E-state index in [4.69, 9.17) is 0 Å². The molecule has 1 aliphatic heterocycles. The monoisotopic (exact) mass is 254 g/mol. The van der Waals surface area contributed by atoms with Gasteiger partial charge >= 0.3 is 0 Å². The highest BCUT2D eigenvalue weighted by molar-refractivity contribution is 4.82. The average molecular weight is 254 g/mol. The minimum Gasteiger partial charge on any atom is -0.314 e. The first-order chi connectivity index (χ1) is 8.49. The van der Waals surface area contributed by atoms with E-state index < -0.39 is 0 Å². The topological polar surface area (TPSA) is 15.3 Å². The Morgan fingerprint density at radius 2 is 1.83 bits per heavy atom. The van der Waals surface area contributed by atoms with Crippen LogP contribution in [0.15, 0.2) is 0 Å². The molecule has 1 unspecified atom stereocenters. The smallest absolute Gasteiger partial charge is 0.00474 e. The van der Waals surface area contributed by atoms with Crippen LogP contribution in [0.25, 0.3) is 0 Å². The summed E-state index contributed by atoms with van der Waals surface area (Å²) in [6.07, 6.45) is 5.45. The van der Waals surface area contributed by atoms with Gasteiger partial charge in [0.05, 0.1) is 0 Å². The normalized spacial score (nSPS) is 22.3. The Hall–Kier alpha value is -0.0800. The number of hydrogen-bond acceptors (Lipinski definition) is 2. The van der Waals surface area contributed by atoms with E-state index in [9.17, 15) is 0 Å². The van der Waals surface area contributed by atoms with E-state index in [1.807, 2.05) is 0 Å². The molecule has 0 bridgehead atoms. The van der Waals surface area contributed by atoms with Crippen molar-refractivity contribution in [3.8, 4) is 0 Å². The van der Waals surface area contributed by atoms with Crippen LogP contribution < -0.4 is 5.32 Å². The van der Waals surface area contributed by atoms with Crippen LogP contribution in [-0.2, 0) is 0 Å². The van der Waals surface area contributed by atoms with Gasteiger partial charge in [-0.3, -0.25) is 0 Å². The third kappa shape index (κ3) is 5.27. The van der Waals surface area contributed by atoms with Crippen molar-refractivity contribution in [2.24, 2.45) is 11.3 Å². The summed E-state index contributed by atoms with van der Waals surface area (Å²) in [4.78, 5) is 2.69. The predicted molar refractivity (Wildman–Crippen MR) is 81.0 cm³/mol. The van der Waals surface area contributed by atoms with Crippen molar-refractivity contribution in [1.82, 2.24) is 10.2 Å². The number of hydrogen-bond donors (Lipinski definition) is 1. The summed E-state index contributed by atoms with van der Waals surface area (Å²) in [5.74, 6) is 0.989. The van der Waals surface area contributed by atoms with Gasteiger partial charge in [0, 0.05) is 19.1 Å². The second-order valence-electron chi connectivity index (χ2n) is 6.83. The van der Waals surface area contributed by atoms with Gasteiger partial charge in [-0.1, -0.05) is 41.0 Å². The molecule has 108 valence electrons. The SMILES string of the molecule is CCC1CCN(CC(C)(CC)CNC(C)C)CC1. The molecule has 1 heterocycles. The fourth-order valence-corrected chi connectivity index (χ4v) is 2.84. The number of piperidine rings is 1. The molecule has 0 amide bonds. The van der Waals surface area contributed by atoms with E-state index in [0.717, 1.165) is 12.5 Å². The largest absolute Gasteiger partial charge is 0.314 e. The summed E-state index contributed by atoms with van der Waals surface area (Å²) >= 11 is 0. The minimum absolute atomic E-state index is 0.434. The van der Waals surface area contributed by atoms with Crippen LogP contribution in [0.5, 0.6) is 0 Å². The second kappa shape index (κ2) is 7.49. The zero-order valence-electron chi connectivity index (χ0n) is 13.3. The standard InChI is InChI=1S/C16H34N2/c1-6-15-8-10-18(11-9-15)13-16(5,7-2)12-17-14(3)4/h14-15,17H,6-13H2,1-5H3. The van der Waals surface area contributed by atoms with Gasteiger partial charge < -0.3 is 10.2 Å². The van der Waals surface area contributed by atoms with Crippen LogP contribution in [0.2, 0.25) is 0 Å². The average Bonchev–Trinajstić information content (AvgIpc) is 2.37. The number of nitrogens with zero attached hydrogens (tertiary/aromatic N) is 1. The molecule has 1 aliphatic rings. The molecule has 0 radical (unpaired) electrons. The predicted octanol–water partition coefficient (Wildman–Crippen LogP) is 3.52. The van der Waals surface area contributed by atoms with Crippen LogP contribution in [0.3, 0.4) is 0 Å². The summed E-state index contributed by atoms with van der Waals surface area (Å²) in [6.45, 7) is 16.6. The quantitative estimate of drug-likeness (QED) is 0.748. The highest BCUT2D eigenvalue weighted by atomic mass is 15.1. The Kier molecular flexibility index (Phi) is 6.65. The summed E-state index contributed by atoms with van der Waals surface area (Å²) in [5, 5.41) is 3.62. The first-order valence-corrected chi connectivity index (χ1v) is 7.95. The molecule has 0 aliphatic carbocycles. The third-order valence-corrected chi connectivity index (χ3v) is 4.68. The second-order valence-corrected chi connectivity index (χ2v) is 6.83. The van der Waals surface area contributed by atoms with Gasteiger partial charge in [0.25, 0.3) is 0 Å². The Morgan fingerprint density at radius 1 is 1.22 bits per heavy atom. The molecule has 0 saturated carbocycles. The van der Waals surface area contributed by atoms with Gasteiger partial charge in [-0.2, -0.15) is 0 Å². The number of nitrogens with one attached hydrogen (secondary N) is 1. The lowest BCUT2D eigenvalue weighted by Gasteiger charge is -2.39. The molecule has 2 heteroatoms. The Balaban J connectivity index is 2.38. The fourth-order valence-electron chi connectivity index (χ4n) is 2.84. The molecule has 0 aromatic heterocycles. The first-order valence-electron chi connectivity index (χ1n) is 7.95. The Labute approximate surface area is 115 Å². The minimum atomic E-state index is 0.434. The maximum atomic E-state index is 3.62. The number of rotatable bonds is 7. The van der Waals surface area contributed by atoms with Crippen LogP contribution >= 0.6 is 0 Å². The van der Waals surface area contributed by atoms with E-state index in [-0.39, 0.29) is 0 Å². The van der Waals surface area contributed by atoms with Crippen molar-refractivity contribution in [3.63, 3.8) is 0 Å². The van der Waals surface area contributed by atoms with E-state index >= 15 is 0 Å². The Bertz CT molecular complexity index is 219. The molecule has 18 heavy (non-hydrogen) atoms. The molecule has 0 aromatic rings. The van der Waals surface area contributed by atoms with E-state index in [1.54, 1.807) is 0 Å². The van der Waals surface area contributed by atoms with Crippen molar-refractivity contribution in [2.75, 3.05) is 26.2 Å². The molecular formula is C16H34N2. The van der Waals surface area contributed by atoms with Crippen molar-refractivity contribution in [2.45, 2.75) is 66.3 Å². The molecule has 1 saturated heterocycles. The van der Waals surface area contributed by atoms with Gasteiger partial charge in [-0.05, 0) is 43.7 Å². The highest BCUT2D eigenvalue weighted by Gasteiger charge is 2.27. The van der Waals surface area contributed by atoms with Crippen molar-refractivity contribution in [3.05, 3.63) is 0 Å². The van der Waals surface area contributed by atoms with Crippen molar-refractivity contribution < 1.29 is 0 Å². The van der Waals surface area contributed by atoms with Crippen LogP contribution in [0, 0.1) is 11.3 Å². The molecule has 0 spiro atoms. The zero-order chi connectivity index (χ0) is 13.6. The molecule has 1 atom stereocenters. The highest BCUT2D eigenvalue weighted by Crippen LogP contribution is 2.26. The summed E-state index contributed by atoms with van der Waals surface area (Å²) < 4.78 is 0. The van der Waals surface area contributed by atoms with E-state index in [0.29, 0.717) is 11.5 Å². The van der Waals surface area contributed by atoms with Crippen molar-refractivity contribution >= 4 is 0 Å². The van der Waals surface area contributed by atoms with Gasteiger partial charge in [0.2, 0.25) is 0 Å². The van der Waals surface area contributed by atoms with Gasteiger partial charge in [-0.25, -0.2) is 0 Å². The van der Waals surface area contributed by atoms with Crippen molar-refractivity contribution in [1.29, 1.82) is 0 Å². The van der Waals surface area contributed by atoms with Crippen LogP contribution in [0.1, 0.15) is 60.3 Å². The lowest BCUT2D eigenvalue weighted by Crippen LogP contribution is -2.46. The summed E-state index contributed by atoms with van der Waals surface area (Å²) in [6, 6.07) is 0.599. The Morgan fingerprint density at radius 3 is 2.28 bits per heavy atom. The maximum absolute atomic E-state index is 3.62. The summed E-state index contributed by atoms with van der Waals surface area (Å²) in [7, 11) is 0. The van der Waals surface area contributed by atoms with Gasteiger partial charge in [-0.15, -0.1) is 0 Å². The zero-order valence-corrected chi connectivity index (χ0v) is 13.3. The third-order valence-electron chi connectivity index (χ3n) is 4.68. The van der Waals surface area contributed by atoms with Crippen LogP contribution in [0.4, 0.5) is 0 Å². The molecule has 2 nitrogen and oxygen atoms in total. The fraction of sp³-hybridized carbons (Fsp3) is 1.00. The maximum Gasteiger partial charge on any atom is 0.00474 e. The van der Waals surface area contributed by atoms with Gasteiger partial charge in [0.1, 0.15) is 0 Å². The summed E-state index contributed by atoms with van der Waals surface area (Å²) in [5.41, 5.74) is 0.434. The number of likely N-dealkylation sites (tertiary alicyclic amines) is 1. The molecule has 1 fully saturated rings. The van der Waals surface area contributed by atoms with E-state index in [1.165, 1.54) is 45.3 Å². The van der Waals surface area contributed by atoms with Crippen LogP contribution in [-0.4, -0.2) is 37.1 Å². The molecule has 0 aromatic carbocycles. The lowest BCUT2D eigenvalue weighted by molar-refractivity contribution is 0.112. The molecular weight excluding hydrogens is 220 g/mol. The molecule has 1 rings (SSSR count). The molecule has 1 N–H and O–H groups in total. The van der Waals surface area contributed by atoms with E-state index in [2.05, 4.69) is 44.8 Å². The lowest BCUT2D eigenvalue weighted by atomic mass is 9.85. The first kappa shape index (κ1) is 16.0.